The second kappa shape index (κ2) is 5.67. The maximum atomic E-state index is 6.12. The largest absolute Gasteiger partial charge is 0.379 e. The van der Waals surface area contributed by atoms with Crippen LogP contribution in [-0.4, -0.2) is 12.7 Å². The Hall–Kier alpha value is -0.570. The van der Waals surface area contributed by atoms with Gasteiger partial charge in [-0.05, 0) is 38.3 Å². The Labute approximate surface area is 103 Å². The standard InChI is InChI=1S/C13H20ClNO/c1-13(2,16-3)9-8-12(15)10-6-4-5-7-11(10)14/h4-7,12H,8-9,15H2,1-3H3. The van der Waals surface area contributed by atoms with Crippen molar-refractivity contribution in [3.8, 4) is 0 Å². The molecule has 0 radical (unpaired) electrons. The van der Waals surface area contributed by atoms with Gasteiger partial charge in [-0.15, -0.1) is 0 Å². The molecular formula is C13H20ClNO. The van der Waals surface area contributed by atoms with Crippen LogP contribution in [-0.2, 0) is 4.74 Å². The van der Waals surface area contributed by atoms with Crippen molar-refractivity contribution in [2.45, 2.75) is 38.3 Å². The summed E-state index contributed by atoms with van der Waals surface area (Å²) >= 11 is 6.09. The molecule has 0 aromatic heterocycles. The van der Waals surface area contributed by atoms with Crippen molar-refractivity contribution in [2.24, 2.45) is 5.73 Å². The van der Waals surface area contributed by atoms with E-state index in [9.17, 15) is 0 Å². The van der Waals surface area contributed by atoms with E-state index in [4.69, 9.17) is 22.1 Å². The third kappa shape index (κ3) is 3.78. The second-order valence-corrected chi connectivity index (χ2v) is 5.04. The predicted molar refractivity (Wildman–Crippen MR) is 68.7 cm³/mol. The zero-order chi connectivity index (χ0) is 12.2. The van der Waals surface area contributed by atoms with Gasteiger partial charge in [0.15, 0.2) is 0 Å². The molecule has 0 aliphatic carbocycles. The van der Waals surface area contributed by atoms with Crippen LogP contribution < -0.4 is 5.73 Å². The van der Waals surface area contributed by atoms with Crippen LogP contribution in [0.25, 0.3) is 0 Å². The van der Waals surface area contributed by atoms with Gasteiger partial charge in [-0.2, -0.15) is 0 Å². The van der Waals surface area contributed by atoms with E-state index in [1.165, 1.54) is 0 Å². The van der Waals surface area contributed by atoms with Crippen LogP contribution in [0.5, 0.6) is 0 Å². The van der Waals surface area contributed by atoms with Crippen LogP contribution in [0.15, 0.2) is 24.3 Å². The first kappa shape index (κ1) is 13.5. The molecule has 2 nitrogen and oxygen atoms in total. The number of methoxy groups -OCH3 is 1. The zero-order valence-electron chi connectivity index (χ0n) is 10.2. The summed E-state index contributed by atoms with van der Waals surface area (Å²) < 4.78 is 5.37. The smallest absolute Gasteiger partial charge is 0.0623 e. The summed E-state index contributed by atoms with van der Waals surface area (Å²) in [6, 6.07) is 7.70. The Morgan fingerprint density at radius 1 is 1.38 bits per heavy atom. The first-order valence-corrected chi connectivity index (χ1v) is 5.89. The Kier molecular flexibility index (Phi) is 4.78. The average molecular weight is 242 g/mol. The van der Waals surface area contributed by atoms with Gasteiger partial charge in [0.2, 0.25) is 0 Å². The lowest BCUT2D eigenvalue weighted by Crippen LogP contribution is -2.24. The van der Waals surface area contributed by atoms with Gasteiger partial charge in [-0.1, -0.05) is 29.8 Å². The molecule has 2 N–H and O–H groups in total. The van der Waals surface area contributed by atoms with E-state index in [-0.39, 0.29) is 11.6 Å². The molecule has 0 spiro atoms. The molecule has 1 atom stereocenters. The first-order chi connectivity index (χ1) is 7.46. The molecule has 0 fully saturated rings. The van der Waals surface area contributed by atoms with E-state index in [1.807, 2.05) is 24.3 Å². The lowest BCUT2D eigenvalue weighted by Gasteiger charge is -2.24. The van der Waals surface area contributed by atoms with Crippen molar-refractivity contribution in [3.63, 3.8) is 0 Å². The van der Waals surface area contributed by atoms with Crippen molar-refractivity contribution in [1.29, 1.82) is 0 Å². The SMILES string of the molecule is COC(C)(C)CCC(N)c1ccccc1Cl. The highest BCUT2D eigenvalue weighted by atomic mass is 35.5. The molecule has 16 heavy (non-hydrogen) atoms. The highest BCUT2D eigenvalue weighted by Gasteiger charge is 2.19. The van der Waals surface area contributed by atoms with Gasteiger partial charge in [0.1, 0.15) is 0 Å². The lowest BCUT2D eigenvalue weighted by molar-refractivity contribution is 0.0125. The van der Waals surface area contributed by atoms with Gasteiger partial charge in [0.25, 0.3) is 0 Å². The number of nitrogens with two attached hydrogens (primary N) is 1. The fourth-order valence-electron chi connectivity index (χ4n) is 1.54. The fourth-order valence-corrected chi connectivity index (χ4v) is 1.81. The highest BCUT2D eigenvalue weighted by Crippen LogP contribution is 2.27. The number of rotatable bonds is 5. The summed E-state index contributed by atoms with van der Waals surface area (Å²) in [4.78, 5) is 0. The molecule has 3 heteroatoms. The molecule has 0 saturated carbocycles. The van der Waals surface area contributed by atoms with Gasteiger partial charge in [0, 0.05) is 18.2 Å². The summed E-state index contributed by atoms with van der Waals surface area (Å²) in [5, 5.41) is 0.741. The van der Waals surface area contributed by atoms with Crippen LogP contribution >= 0.6 is 11.6 Å². The van der Waals surface area contributed by atoms with Gasteiger partial charge >= 0.3 is 0 Å². The monoisotopic (exact) mass is 241 g/mol. The third-order valence-electron chi connectivity index (χ3n) is 2.91. The van der Waals surface area contributed by atoms with E-state index in [1.54, 1.807) is 7.11 Å². The molecule has 1 aromatic carbocycles. The molecule has 0 amide bonds. The lowest BCUT2D eigenvalue weighted by atomic mass is 9.95. The third-order valence-corrected chi connectivity index (χ3v) is 3.26. The Morgan fingerprint density at radius 3 is 2.56 bits per heavy atom. The summed E-state index contributed by atoms with van der Waals surface area (Å²) in [5.41, 5.74) is 7.00. The molecule has 1 unspecified atom stereocenters. The van der Waals surface area contributed by atoms with Crippen molar-refractivity contribution >= 4 is 11.6 Å². The van der Waals surface area contributed by atoms with Crippen molar-refractivity contribution in [1.82, 2.24) is 0 Å². The minimum atomic E-state index is -0.126. The molecule has 1 rings (SSSR count). The first-order valence-electron chi connectivity index (χ1n) is 5.51. The molecule has 90 valence electrons. The Bertz CT molecular complexity index is 338. The number of benzene rings is 1. The normalized spacial score (nSPS) is 13.8. The molecule has 0 aliphatic rings. The molecular weight excluding hydrogens is 222 g/mol. The Balaban J connectivity index is 2.60. The minimum absolute atomic E-state index is 0.0249. The molecule has 0 bridgehead atoms. The average Bonchev–Trinajstić information content (AvgIpc) is 2.27. The van der Waals surface area contributed by atoms with E-state index in [0.29, 0.717) is 0 Å². The Morgan fingerprint density at radius 2 is 2.00 bits per heavy atom. The molecule has 1 aromatic rings. The van der Waals surface area contributed by atoms with Crippen LogP contribution in [0.3, 0.4) is 0 Å². The quantitative estimate of drug-likeness (QED) is 0.856. The number of halogens is 1. The molecule has 0 heterocycles. The second-order valence-electron chi connectivity index (χ2n) is 4.63. The number of hydrogen-bond acceptors (Lipinski definition) is 2. The maximum Gasteiger partial charge on any atom is 0.0623 e. The minimum Gasteiger partial charge on any atom is -0.379 e. The topological polar surface area (TPSA) is 35.2 Å². The van der Waals surface area contributed by atoms with Crippen LogP contribution in [0, 0.1) is 0 Å². The maximum absolute atomic E-state index is 6.12. The number of ether oxygens (including phenoxy) is 1. The molecule has 0 aliphatic heterocycles. The van der Waals surface area contributed by atoms with Crippen molar-refractivity contribution in [3.05, 3.63) is 34.9 Å². The summed E-state index contributed by atoms with van der Waals surface area (Å²) in [7, 11) is 1.72. The van der Waals surface area contributed by atoms with E-state index in [0.717, 1.165) is 23.4 Å². The van der Waals surface area contributed by atoms with Crippen molar-refractivity contribution < 1.29 is 4.74 Å². The van der Waals surface area contributed by atoms with Gasteiger partial charge in [-0.25, -0.2) is 0 Å². The van der Waals surface area contributed by atoms with Crippen LogP contribution in [0.1, 0.15) is 38.3 Å². The molecule has 0 saturated heterocycles. The van der Waals surface area contributed by atoms with Gasteiger partial charge in [0.05, 0.1) is 5.60 Å². The van der Waals surface area contributed by atoms with Gasteiger partial charge in [-0.3, -0.25) is 0 Å². The zero-order valence-corrected chi connectivity index (χ0v) is 10.9. The summed E-state index contributed by atoms with van der Waals surface area (Å²) in [6.07, 6.45) is 1.78. The fraction of sp³-hybridized carbons (Fsp3) is 0.538. The summed E-state index contributed by atoms with van der Waals surface area (Å²) in [6.45, 7) is 4.12. The van der Waals surface area contributed by atoms with E-state index in [2.05, 4.69) is 13.8 Å². The van der Waals surface area contributed by atoms with Gasteiger partial charge < -0.3 is 10.5 Å². The van der Waals surface area contributed by atoms with Crippen LogP contribution in [0.4, 0.5) is 0 Å². The number of hydrogen-bond donors (Lipinski definition) is 1. The van der Waals surface area contributed by atoms with E-state index >= 15 is 0 Å². The predicted octanol–water partition coefficient (Wildman–Crippen LogP) is 3.55. The van der Waals surface area contributed by atoms with Crippen LogP contribution in [0.2, 0.25) is 5.02 Å². The highest BCUT2D eigenvalue weighted by molar-refractivity contribution is 6.31. The summed E-state index contributed by atoms with van der Waals surface area (Å²) in [5.74, 6) is 0. The van der Waals surface area contributed by atoms with E-state index < -0.39 is 0 Å². The van der Waals surface area contributed by atoms with Crippen molar-refractivity contribution in [2.75, 3.05) is 7.11 Å².